The van der Waals surface area contributed by atoms with Crippen LogP contribution in [-0.2, 0) is 25.7 Å². The predicted molar refractivity (Wildman–Crippen MR) is 317 cm³/mol. The molecule has 1 N–H and O–H groups in total. The third-order valence-corrected chi connectivity index (χ3v) is 14.0. The highest BCUT2D eigenvalue weighted by molar-refractivity contribution is 6.00. The molecule has 0 saturated heterocycles. The summed E-state index contributed by atoms with van der Waals surface area (Å²) >= 11 is 0. The Hall–Kier alpha value is -9.88. The van der Waals surface area contributed by atoms with E-state index in [1.165, 1.54) is 12.0 Å². The van der Waals surface area contributed by atoms with Crippen molar-refractivity contribution in [1.29, 1.82) is 0 Å². The molecule has 12 heteroatoms. The smallest absolute Gasteiger partial charge is 0.197 e. The predicted octanol–water partition coefficient (Wildman–Crippen LogP) is 12.3. The first-order chi connectivity index (χ1) is 39.7. The van der Waals surface area contributed by atoms with E-state index >= 15 is 0 Å². The Morgan fingerprint density at radius 1 is 0.434 bits per heavy atom. The van der Waals surface area contributed by atoms with Crippen molar-refractivity contribution < 1.29 is 28.7 Å². The van der Waals surface area contributed by atoms with Crippen LogP contribution in [0.15, 0.2) is 139 Å². The van der Waals surface area contributed by atoms with Gasteiger partial charge in [0.05, 0.1) is 29.0 Å². The maximum atomic E-state index is 12.2. The van der Waals surface area contributed by atoms with Crippen molar-refractivity contribution in [3.05, 3.63) is 230 Å². The van der Waals surface area contributed by atoms with E-state index in [1.54, 1.807) is 48.9 Å². The first-order valence-electron chi connectivity index (χ1n) is 27.6. The summed E-state index contributed by atoms with van der Waals surface area (Å²) in [7, 11) is 0. The number of aromatic nitrogens is 6. The highest BCUT2D eigenvalue weighted by atomic mass is 16.3. The monoisotopic (exact) mass is 1090 g/mol. The van der Waals surface area contributed by atoms with Crippen LogP contribution in [0.2, 0.25) is 0 Å². The van der Waals surface area contributed by atoms with E-state index in [-0.39, 0.29) is 45.1 Å². The summed E-state index contributed by atoms with van der Waals surface area (Å²) in [6, 6.07) is 33.2. The Morgan fingerprint density at radius 3 is 1.34 bits per heavy atom. The van der Waals surface area contributed by atoms with E-state index in [2.05, 4.69) is 138 Å². The second-order valence-electron chi connectivity index (χ2n) is 23.4. The highest BCUT2D eigenvalue weighted by Crippen LogP contribution is 2.36. The molecule has 12 rings (SSSR count). The lowest BCUT2D eigenvalue weighted by Gasteiger charge is -2.29. The Bertz CT molecular complexity index is 3930. The van der Waals surface area contributed by atoms with Crippen LogP contribution in [0, 0.1) is 70.5 Å². The molecule has 6 heterocycles. The van der Waals surface area contributed by atoms with E-state index in [0.717, 1.165) is 99.5 Å². The van der Waals surface area contributed by atoms with Crippen molar-refractivity contribution in [2.45, 2.75) is 106 Å². The lowest BCUT2D eigenvalue weighted by atomic mass is 9.75. The molecule has 0 bridgehead atoms. The Morgan fingerprint density at radius 2 is 0.880 bits per heavy atom. The van der Waals surface area contributed by atoms with Gasteiger partial charge in [-0.3, -0.25) is 24.2 Å². The molecule has 0 spiro atoms. The third-order valence-electron chi connectivity index (χ3n) is 14.0. The molecule has 0 aliphatic heterocycles. The van der Waals surface area contributed by atoms with Crippen LogP contribution in [0.4, 0.5) is 0 Å². The van der Waals surface area contributed by atoms with Gasteiger partial charge in [-0.25, -0.2) is 24.9 Å². The molecule has 8 aromatic rings. The Kier molecular flexibility index (Phi) is 17.6. The molecule has 0 atom stereocenters. The molecule has 4 aliphatic carbocycles. The molecule has 0 radical (unpaired) electrons. The van der Waals surface area contributed by atoms with Crippen LogP contribution in [0.1, 0.15) is 189 Å². The molecule has 12 nitrogen and oxygen atoms in total. The van der Waals surface area contributed by atoms with Gasteiger partial charge in [-0.2, -0.15) is 0 Å². The summed E-state index contributed by atoms with van der Waals surface area (Å²) in [5, 5.41) is 9.43. The molecule has 6 aromatic heterocycles. The number of rotatable bonds is 0. The minimum atomic E-state index is -0.0473. The number of benzene rings is 2. The van der Waals surface area contributed by atoms with E-state index in [4.69, 9.17) is 4.42 Å². The van der Waals surface area contributed by atoms with Gasteiger partial charge < -0.3 is 9.52 Å². The number of hydrogen-bond acceptors (Lipinski definition) is 12. The number of aromatic hydroxyl groups is 1. The fourth-order valence-corrected chi connectivity index (χ4v) is 10.1. The quantitative estimate of drug-likeness (QED) is 0.142. The van der Waals surface area contributed by atoms with Gasteiger partial charge in [-0.15, -0.1) is 0 Å². The van der Waals surface area contributed by atoms with Gasteiger partial charge in [0.15, 0.2) is 35.3 Å². The van der Waals surface area contributed by atoms with Gasteiger partial charge in [0, 0.05) is 77.0 Å². The van der Waals surface area contributed by atoms with Crippen LogP contribution >= 0.6 is 0 Å². The fourth-order valence-electron chi connectivity index (χ4n) is 10.1. The van der Waals surface area contributed by atoms with Gasteiger partial charge in [0.25, 0.3) is 0 Å². The van der Waals surface area contributed by atoms with E-state index in [0.29, 0.717) is 48.5 Å². The maximum Gasteiger partial charge on any atom is 0.197 e. The minimum absolute atomic E-state index is 0.0142. The van der Waals surface area contributed by atoms with Crippen molar-refractivity contribution in [2.75, 3.05) is 0 Å². The topological polar surface area (TPSA) is 179 Å². The van der Waals surface area contributed by atoms with E-state index in [9.17, 15) is 24.3 Å². The van der Waals surface area contributed by atoms with Crippen molar-refractivity contribution >= 4 is 23.1 Å². The summed E-state index contributed by atoms with van der Waals surface area (Å²) in [4.78, 5) is 73.9. The number of nitrogens with zero attached hydrogens (tertiary/aromatic N) is 6. The number of hydrogen-bond donors (Lipinski definition) is 1. The average Bonchev–Trinajstić information content (AvgIpc) is 4.12. The first kappa shape index (κ1) is 57.8. The molecule has 0 fully saturated rings. The summed E-state index contributed by atoms with van der Waals surface area (Å²) in [5.74, 6) is 25.5. The Labute approximate surface area is 485 Å². The van der Waals surface area contributed by atoms with Crippen molar-refractivity contribution in [3.63, 3.8) is 0 Å². The fraction of sp³-hybridized carbons (Fsp3) is 0.268. The second kappa shape index (κ2) is 25.3. The van der Waals surface area contributed by atoms with Crippen LogP contribution in [0.25, 0.3) is 0 Å². The number of fused-ring (bicyclic) bond motifs is 4. The molecule has 412 valence electrons. The number of oxazole rings is 1. The summed E-state index contributed by atoms with van der Waals surface area (Å²) in [5.41, 5.74) is 12.8. The van der Waals surface area contributed by atoms with Crippen molar-refractivity contribution in [1.82, 2.24) is 29.9 Å². The molecule has 2 aromatic carbocycles. The van der Waals surface area contributed by atoms with Crippen LogP contribution in [0.3, 0.4) is 0 Å². The van der Waals surface area contributed by atoms with Crippen LogP contribution in [0.5, 0.6) is 5.75 Å². The molecule has 83 heavy (non-hydrogen) atoms. The van der Waals surface area contributed by atoms with Gasteiger partial charge in [0.1, 0.15) is 28.5 Å². The molecular weight excluding hydrogens is 1030 g/mol. The van der Waals surface area contributed by atoms with Crippen LogP contribution < -0.4 is 0 Å². The SMILES string of the molecule is CC1(C)CC(=O)c2ccc(C#Cc3cccc(O)c3)nc2C1.CC1(C)CC(=O)c2ccc(C#Cc3cccnc3)nc2C1.Cc1cccc(C#Cc2ccc3c(n2)CC(C)(C)CC3=O)c1.O=C1CCCc2nc(C#Cc3cnco3)ccc21. The number of carbonyl (C=O) groups is 4. The second-order valence-corrected chi connectivity index (χ2v) is 23.4. The van der Waals surface area contributed by atoms with Gasteiger partial charge in [0.2, 0.25) is 0 Å². The number of phenols is 1. The zero-order valence-electron chi connectivity index (χ0n) is 47.7. The first-order valence-corrected chi connectivity index (χ1v) is 27.6. The lowest BCUT2D eigenvalue weighted by Crippen LogP contribution is -2.28. The van der Waals surface area contributed by atoms with Crippen molar-refractivity contribution in [2.24, 2.45) is 16.2 Å². The molecule has 0 unspecified atom stereocenters. The molecule has 0 amide bonds. The zero-order valence-corrected chi connectivity index (χ0v) is 47.7. The lowest BCUT2D eigenvalue weighted by molar-refractivity contribution is 0.0900. The number of pyridine rings is 5. The van der Waals surface area contributed by atoms with Gasteiger partial charge >= 0.3 is 0 Å². The number of aryl methyl sites for hydroxylation is 2. The summed E-state index contributed by atoms with van der Waals surface area (Å²) in [6.07, 6.45) is 12.8. The van der Waals surface area contributed by atoms with Gasteiger partial charge in [-0.05, 0) is 181 Å². The number of carbonyl (C=O) groups excluding carboxylic acids is 4. The molecule has 4 aliphatic rings. The minimum Gasteiger partial charge on any atom is -0.508 e. The normalized spacial score (nSPS) is 15.3. The largest absolute Gasteiger partial charge is 0.508 e. The Balaban J connectivity index is 0.000000133. The number of phenolic OH excluding ortho intramolecular Hbond substituents is 1. The third kappa shape index (κ3) is 15.9. The average molecular weight is 1100 g/mol. The summed E-state index contributed by atoms with van der Waals surface area (Å²) < 4.78 is 5.02. The van der Waals surface area contributed by atoms with Gasteiger partial charge in [-0.1, -0.05) is 77.5 Å². The standard InChI is InChI=1S/C20H19NO.C19H17NO2.C18H16N2O.C14H10N2O2/c1-14-5-4-6-15(11-14)7-8-16-9-10-17-18(21-16)12-20(2,3)13-19(17)22;1-19(2)11-17-16(18(22)12-19)9-8-14(20-17)7-6-13-4-3-5-15(21)10-13;1-18(2)10-16-15(17(21)11-18)8-7-14(20-16)6-5-13-4-3-9-19-12-13;17-14-3-1-2-13-12(14)7-5-10(16-13)4-6-11-8-15-9-18-11/h4-6,9-11H,12-13H2,1-3H3;3-5,8-10,21H,11-12H2,1-2H3;3-4,7-9,12H,10-11H2,1-2H3;5,7-9H,1-3H2. The molecule has 0 saturated carbocycles. The number of ketones is 4. The van der Waals surface area contributed by atoms with E-state index < -0.39 is 0 Å². The maximum absolute atomic E-state index is 12.2. The van der Waals surface area contributed by atoms with Crippen molar-refractivity contribution in [3.8, 4) is 53.1 Å². The highest BCUT2D eigenvalue weighted by Gasteiger charge is 2.34. The number of Topliss-reactive ketones (excluding diaryl/α,β-unsaturated/α-hetero) is 4. The van der Waals surface area contributed by atoms with E-state index in [1.807, 2.05) is 66.7 Å². The summed E-state index contributed by atoms with van der Waals surface area (Å²) in [6.45, 7) is 14.6. The molecular formula is C71H62N6O6. The van der Waals surface area contributed by atoms with Crippen LogP contribution in [-0.4, -0.2) is 58.1 Å². The zero-order chi connectivity index (χ0) is 58.7.